The zero-order chi connectivity index (χ0) is 18.8. The molecule has 2 aromatic carbocycles. The molecule has 0 bridgehead atoms. The molecular formula is C17H18BrNO6. The summed E-state index contributed by atoms with van der Waals surface area (Å²) in [5.41, 5.74) is 2.12. The maximum atomic E-state index is 9.10. The number of hydrogen-bond donors (Lipinski definition) is 3. The molecule has 0 radical (unpaired) electrons. The molecule has 0 fully saturated rings. The van der Waals surface area contributed by atoms with Gasteiger partial charge in [0.15, 0.2) is 0 Å². The molecule has 2 aromatic rings. The molecule has 134 valence electrons. The molecule has 3 N–H and O–H groups in total. The standard InChI is InChI=1S/C15H16BrNO2.C2H2O4/c1-18-14-7-8-15(19-2)11(9-14)10-17-13-5-3-12(16)4-6-13;3-1(4)2(5)6/h3-9,17H,10H2,1-2H3;(H,3,4)(H,5,6). The van der Waals surface area contributed by atoms with Crippen molar-refractivity contribution < 1.29 is 29.3 Å². The monoisotopic (exact) mass is 411 g/mol. The van der Waals surface area contributed by atoms with Crippen LogP contribution in [0.15, 0.2) is 46.9 Å². The summed E-state index contributed by atoms with van der Waals surface area (Å²) in [4.78, 5) is 18.2. The number of rotatable bonds is 5. The Morgan fingerprint density at radius 3 is 2.08 bits per heavy atom. The largest absolute Gasteiger partial charge is 0.497 e. The second-order valence-corrected chi connectivity index (χ2v) is 5.56. The van der Waals surface area contributed by atoms with Gasteiger partial charge in [-0.15, -0.1) is 0 Å². The van der Waals surface area contributed by atoms with Crippen LogP contribution in [0.2, 0.25) is 0 Å². The number of anilines is 1. The van der Waals surface area contributed by atoms with Crippen molar-refractivity contribution in [2.24, 2.45) is 0 Å². The number of halogens is 1. The van der Waals surface area contributed by atoms with Crippen molar-refractivity contribution in [1.29, 1.82) is 0 Å². The van der Waals surface area contributed by atoms with E-state index in [4.69, 9.17) is 29.3 Å². The molecule has 0 heterocycles. The number of nitrogens with one attached hydrogen (secondary N) is 1. The van der Waals surface area contributed by atoms with Gasteiger partial charge in [0.1, 0.15) is 11.5 Å². The maximum Gasteiger partial charge on any atom is 0.414 e. The predicted molar refractivity (Wildman–Crippen MR) is 96.3 cm³/mol. The van der Waals surface area contributed by atoms with Crippen LogP contribution in [0.3, 0.4) is 0 Å². The van der Waals surface area contributed by atoms with Crippen LogP contribution in [-0.2, 0) is 16.1 Å². The van der Waals surface area contributed by atoms with Crippen LogP contribution in [-0.4, -0.2) is 36.4 Å². The molecule has 0 atom stereocenters. The quantitative estimate of drug-likeness (QED) is 0.648. The maximum absolute atomic E-state index is 9.10. The average Bonchev–Trinajstić information content (AvgIpc) is 2.61. The number of benzene rings is 2. The van der Waals surface area contributed by atoms with Crippen molar-refractivity contribution in [3.05, 3.63) is 52.5 Å². The van der Waals surface area contributed by atoms with Crippen molar-refractivity contribution in [3.63, 3.8) is 0 Å². The van der Waals surface area contributed by atoms with Gasteiger partial charge < -0.3 is 25.0 Å². The lowest BCUT2D eigenvalue weighted by atomic mass is 10.2. The van der Waals surface area contributed by atoms with Gasteiger partial charge in [-0.3, -0.25) is 0 Å². The van der Waals surface area contributed by atoms with Gasteiger partial charge in [0.05, 0.1) is 14.2 Å². The van der Waals surface area contributed by atoms with Gasteiger partial charge in [0.25, 0.3) is 0 Å². The number of ether oxygens (including phenoxy) is 2. The molecule has 0 aliphatic heterocycles. The van der Waals surface area contributed by atoms with Crippen LogP contribution < -0.4 is 14.8 Å². The van der Waals surface area contributed by atoms with E-state index in [1.807, 2.05) is 42.5 Å². The highest BCUT2D eigenvalue weighted by Crippen LogP contribution is 2.25. The number of carboxylic acid groups (broad SMARTS) is 2. The van der Waals surface area contributed by atoms with E-state index in [-0.39, 0.29) is 0 Å². The van der Waals surface area contributed by atoms with Gasteiger partial charge in [-0.2, -0.15) is 0 Å². The summed E-state index contributed by atoms with van der Waals surface area (Å²) in [6.45, 7) is 0.683. The minimum atomic E-state index is -1.82. The highest BCUT2D eigenvalue weighted by atomic mass is 79.9. The lowest BCUT2D eigenvalue weighted by Gasteiger charge is -2.12. The Kier molecular flexibility index (Phi) is 8.28. The molecule has 0 saturated heterocycles. The van der Waals surface area contributed by atoms with E-state index in [1.165, 1.54) is 0 Å². The Balaban J connectivity index is 0.000000450. The topological polar surface area (TPSA) is 105 Å². The van der Waals surface area contributed by atoms with Crippen LogP contribution in [0, 0.1) is 0 Å². The summed E-state index contributed by atoms with van der Waals surface area (Å²) in [7, 11) is 3.33. The number of carbonyl (C=O) groups is 2. The fourth-order valence-electron chi connectivity index (χ4n) is 1.79. The first-order valence-corrected chi connectivity index (χ1v) is 7.83. The molecule has 0 unspecified atom stereocenters. The van der Waals surface area contributed by atoms with Crippen LogP contribution in [0.1, 0.15) is 5.56 Å². The van der Waals surface area contributed by atoms with E-state index in [1.54, 1.807) is 14.2 Å². The number of aliphatic carboxylic acids is 2. The van der Waals surface area contributed by atoms with Crippen molar-refractivity contribution in [1.82, 2.24) is 0 Å². The van der Waals surface area contributed by atoms with Gasteiger partial charge in [0, 0.05) is 22.3 Å². The van der Waals surface area contributed by atoms with Crippen molar-refractivity contribution >= 4 is 33.6 Å². The van der Waals surface area contributed by atoms with E-state index in [0.29, 0.717) is 6.54 Å². The van der Waals surface area contributed by atoms with Gasteiger partial charge in [0.2, 0.25) is 0 Å². The number of methoxy groups -OCH3 is 2. The van der Waals surface area contributed by atoms with E-state index in [2.05, 4.69) is 21.2 Å². The summed E-state index contributed by atoms with van der Waals surface area (Å²) in [5.74, 6) is -1.97. The third-order valence-corrected chi connectivity index (χ3v) is 3.53. The van der Waals surface area contributed by atoms with Crippen LogP contribution in [0.25, 0.3) is 0 Å². The Morgan fingerprint density at radius 2 is 1.60 bits per heavy atom. The summed E-state index contributed by atoms with van der Waals surface area (Å²) in [5, 5.41) is 18.1. The molecule has 8 heteroatoms. The second kappa shape index (κ2) is 10.2. The molecule has 0 aliphatic rings. The zero-order valence-electron chi connectivity index (χ0n) is 13.7. The molecule has 0 aliphatic carbocycles. The minimum Gasteiger partial charge on any atom is -0.497 e. The summed E-state index contributed by atoms with van der Waals surface area (Å²) in [6, 6.07) is 13.8. The highest BCUT2D eigenvalue weighted by molar-refractivity contribution is 9.10. The highest BCUT2D eigenvalue weighted by Gasteiger charge is 2.05. The summed E-state index contributed by atoms with van der Waals surface area (Å²) < 4.78 is 11.6. The third-order valence-electron chi connectivity index (χ3n) is 3.00. The third kappa shape index (κ3) is 7.13. The SMILES string of the molecule is COc1ccc(OC)c(CNc2ccc(Br)cc2)c1.O=C(O)C(=O)O. The molecule has 0 spiro atoms. The molecular weight excluding hydrogens is 394 g/mol. The smallest absolute Gasteiger partial charge is 0.414 e. The van der Waals surface area contributed by atoms with Crippen LogP contribution in [0.4, 0.5) is 5.69 Å². The van der Waals surface area contributed by atoms with Crippen LogP contribution in [0.5, 0.6) is 11.5 Å². The molecule has 25 heavy (non-hydrogen) atoms. The number of carboxylic acids is 2. The Morgan fingerprint density at radius 1 is 1.00 bits per heavy atom. The second-order valence-electron chi connectivity index (χ2n) is 4.65. The first-order chi connectivity index (χ1) is 11.9. The normalized spacial score (nSPS) is 9.40. The average molecular weight is 412 g/mol. The predicted octanol–water partition coefficient (Wildman–Crippen LogP) is 3.23. The summed E-state index contributed by atoms with van der Waals surface area (Å²) in [6.07, 6.45) is 0. The van der Waals surface area contributed by atoms with Crippen molar-refractivity contribution in [2.45, 2.75) is 6.54 Å². The van der Waals surface area contributed by atoms with Gasteiger partial charge in [-0.25, -0.2) is 9.59 Å². The Labute approximate surface area is 153 Å². The first-order valence-electron chi connectivity index (χ1n) is 7.04. The molecule has 2 rings (SSSR count). The van der Waals surface area contributed by atoms with Gasteiger partial charge >= 0.3 is 11.9 Å². The van der Waals surface area contributed by atoms with Crippen molar-refractivity contribution in [3.8, 4) is 11.5 Å². The van der Waals surface area contributed by atoms with E-state index >= 15 is 0 Å². The van der Waals surface area contributed by atoms with Crippen molar-refractivity contribution in [2.75, 3.05) is 19.5 Å². The Bertz CT molecular complexity index is 706. The van der Waals surface area contributed by atoms with Crippen LogP contribution >= 0.6 is 15.9 Å². The number of hydrogen-bond acceptors (Lipinski definition) is 5. The lowest BCUT2D eigenvalue weighted by molar-refractivity contribution is -0.159. The lowest BCUT2D eigenvalue weighted by Crippen LogP contribution is -2.09. The fraction of sp³-hybridized carbons (Fsp3) is 0.176. The minimum absolute atomic E-state index is 0.683. The molecule has 0 amide bonds. The first kappa shape index (κ1) is 20.3. The fourth-order valence-corrected chi connectivity index (χ4v) is 2.05. The van der Waals surface area contributed by atoms with E-state index < -0.39 is 11.9 Å². The molecule has 0 saturated carbocycles. The van der Waals surface area contributed by atoms with Gasteiger partial charge in [-0.1, -0.05) is 15.9 Å². The molecule has 7 nitrogen and oxygen atoms in total. The Hall–Kier alpha value is -2.74. The molecule has 0 aromatic heterocycles. The zero-order valence-corrected chi connectivity index (χ0v) is 15.2. The van der Waals surface area contributed by atoms with E-state index in [0.717, 1.165) is 27.2 Å². The summed E-state index contributed by atoms with van der Waals surface area (Å²) >= 11 is 3.42. The van der Waals surface area contributed by atoms with E-state index in [9.17, 15) is 0 Å². The van der Waals surface area contributed by atoms with Gasteiger partial charge in [-0.05, 0) is 42.5 Å².